The van der Waals surface area contributed by atoms with Crippen LogP contribution in [-0.2, 0) is 10.0 Å². The molecule has 0 amide bonds. The predicted octanol–water partition coefficient (Wildman–Crippen LogP) is 4.20. The molecular weight excluding hydrogens is 488 g/mol. The number of nitrogens with one attached hydrogen (secondary N) is 1. The smallest absolute Gasteiger partial charge is 0.223 e. The first-order valence-corrected chi connectivity index (χ1v) is 13.6. The molecule has 0 aliphatic carbocycles. The summed E-state index contributed by atoms with van der Waals surface area (Å²) in [5.74, 6) is 1.06. The summed E-state index contributed by atoms with van der Waals surface area (Å²) in [7, 11) is -3.21. The van der Waals surface area contributed by atoms with E-state index >= 15 is 0 Å². The monoisotopic (exact) mass is 512 g/mol. The zero-order valence-electron chi connectivity index (χ0n) is 19.3. The molecule has 4 aromatic rings. The fourth-order valence-corrected chi connectivity index (χ4v) is 5.41. The van der Waals surface area contributed by atoms with Gasteiger partial charge < -0.3 is 10.1 Å². The number of fused-ring (bicyclic) bond motifs is 2. The highest BCUT2D eigenvalue weighted by atomic mass is 35.5. The van der Waals surface area contributed by atoms with Crippen LogP contribution in [0.5, 0.6) is 5.88 Å². The lowest BCUT2D eigenvalue weighted by Crippen LogP contribution is -2.41. The molecule has 0 radical (unpaired) electrons. The normalized spacial score (nSPS) is 16.4. The molecule has 9 nitrogen and oxygen atoms in total. The topological polar surface area (TPSA) is 110 Å². The minimum atomic E-state index is -3.21. The van der Waals surface area contributed by atoms with Crippen molar-refractivity contribution in [2.75, 3.05) is 24.7 Å². The lowest BCUT2D eigenvalue weighted by Gasteiger charge is -2.30. The van der Waals surface area contributed by atoms with Crippen molar-refractivity contribution in [3.8, 4) is 5.88 Å². The molecule has 0 unspecified atom stereocenters. The predicted molar refractivity (Wildman–Crippen MR) is 136 cm³/mol. The quantitative estimate of drug-likeness (QED) is 0.409. The van der Waals surface area contributed by atoms with Gasteiger partial charge in [-0.2, -0.15) is 0 Å². The highest BCUT2D eigenvalue weighted by Crippen LogP contribution is 2.35. The maximum Gasteiger partial charge on any atom is 0.223 e. The molecule has 0 saturated carbocycles. The number of halogens is 1. The van der Waals surface area contributed by atoms with Gasteiger partial charge in [0.25, 0.3) is 0 Å². The molecule has 1 fully saturated rings. The summed E-state index contributed by atoms with van der Waals surface area (Å²) >= 11 is 6.54. The van der Waals surface area contributed by atoms with Crippen LogP contribution in [0.25, 0.3) is 21.8 Å². The number of nitrogens with zero attached hydrogens (tertiary/aromatic N) is 5. The molecule has 11 heteroatoms. The molecule has 1 aliphatic heterocycles. The van der Waals surface area contributed by atoms with E-state index in [0.29, 0.717) is 48.2 Å². The number of pyridine rings is 2. The van der Waals surface area contributed by atoms with Crippen molar-refractivity contribution in [3.63, 3.8) is 0 Å². The van der Waals surface area contributed by atoms with Crippen LogP contribution >= 0.6 is 11.6 Å². The van der Waals surface area contributed by atoms with E-state index in [1.807, 2.05) is 43.3 Å². The molecule has 3 aromatic heterocycles. The lowest BCUT2D eigenvalue weighted by atomic mass is 10.1. The minimum Gasteiger partial charge on any atom is -0.474 e. The van der Waals surface area contributed by atoms with E-state index in [1.165, 1.54) is 16.9 Å². The van der Waals surface area contributed by atoms with E-state index in [0.717, 1.165) is 22.0 Å². The lowest BCUT2D eigenvalue weighted by molar-refractivity contribution is 0.132. The Labute approximate surface area is 208 Å². The Morgan fingerprint density at radius 3 is 2.71 bits per heavy atom. The summed E-state index contributed by atoms with van der Waals surface area (Å²) in [4.78, 5) is 17.9. The average molecular weight is 513 g/mol. The third kappa shape index (κ3) is 5.00. The van der Waals surface area contributed by atoms with Crippen LogP contribution in [0, 0.1) is 0 Å². The Kier molecular flexibility index (Phi) is 6.43. The molecular formula is C24H25ClN6O3S. The second-order valence-electron chi connectivity index (χ2n) is 8.63. The van der Waals surface area contributed by atoms with Gasteiger partial charge in [0.1, 0.15) is 17.9 Å². The van der Waals surface area contributed by atoms with Crippen LogP contribution in [-0.4, -0.2) is 58.1 Å². The number of aromatic nitrogens is 4. The Morgan fingerprint density at radius 2 is 1.94 bits per heavy atom. The zero-order valence-corrected chi connectivity index (χ0v) is 20.9. The third-order valence-corrected chi connectivity index (χ3v) is 7.75. The van der Waals surface area contributed by atoms with Gasteiger partial charge in [-0.15, -0.1) is 0 Å². The molecule has 35 heavy (non-hydrogen) atoms. The largest absolute Gasteiger partial charge is 0.474 e. The Balaban J connectivity index is 1.45. The van der Waals surface area contributed by atoms with E-state index in [-0.39, 0.29) is 12.1 Å². The van der Waals surface area contributed by atoms with Gasteiger partial charge in [-0.05, 0) is 49.4 Å². The van der Waals surface area contributed by atoms with Gasteiger partial charge in [0.15, 0.2) is 5.82 Å². The third-order valence-electron chi connectivity index (χ3n) is 6.13. The number of sulfonamides is 1. The number of hydrogen-bond acceptors (Lipinski definition) is 8. The summed E-state index contributed by atoms with van der Waals surface area (Å²) in [5, 5.41) is 5.60. The molecule has 0 spiro atoms. The Hall–Kier alpha value is -3.08. The number of hydrogen-bond donors (Lipinski definition) is 1. The molecule has 1 aromatic carbocycles. The van der Waals surface area contributed by atoms with Crippen molar-refractivity contribution < 1.29 is 13.2 Å². The van der Waals surface area contributed by atoms with E-state index in [1.54, 1.807) is 6.20 Å². The number of benzene rings is 1. The van der Waals surface area contributed by atoms with Gasteiger partial charge in [-0.25, -0.2) is 27.7 Å². The summed E-state index contributed by atoms with van der Waals surface area (Å²) in [6, 6.07) is 11.2. The van der Waals surface area contributed by atoms with Crippen molar-refractivity contribution in [2.45, 2.75) is 31.9 Å². The van der Waals surface area contributed by atoms with Crippen LogP contribution in [0.2, 0.25) is 5.02 Å². The standard InChI is InChI=1S/C24H25ClN6O3S/c1-15(29-23-22-19(27-14-28-23)7-4-10-26-22)20-13-16-5-3-6-18(25)21(16)24(30-20)34-17-8-11-31(12-9-17)35(2,32)33/h3-7,10,13-15,17H,8-9,11-12H2,1-2H3,(H,27,28,29)/t15-/m0/s1. The van der Waals surface area contributed by atoms with Gasteiger partial charge in [-0.3, -0.25) is 4.98 Å². The van der Waals surface area contributed by atoms with E-state index in [9.17, 15) is 8.42 Å². The maximum atomic E-state index is 11.9. The number of anilines is 1. The number of rotatable bonds is 6. The fraction of sp³-hybridized carbons (Fsp3) is 0.333. The highest BCUT2D eigenvalue weighted by Gasteiger charge is 2.27. The second kappa shape index (κ2) is 9.52. The van der Waals surface area contributed by atoms with Gasteiger partial charge in [0.05, 0.1) is 33.9 Å². The molecule has 4 heterocycles. The molecule has 1 atom stereocenters. The summed E-state index contributed by atoms with van der Waals surface area (Å²) in [6.45, 7) is 2.82. The molecule has 182 valence electrons. The van der Waals surface area contributed by atoms with Crippen molar-refractivity contribution in [1.29, 1.82) is 0 Å². The fourth-order valence-electron chi connectivity index (χ4n) is 4.28. The molecule has 1 aliphatic rings. The van der Waals surface area contributed by atoms with Crippen LogP contribution in [0.15, 0.2) is 48.9 Å². The van der Waals surface area contributed by atoms with E-state index in [2.05, 4.69) is 20.3 Å². The Morgan fingerprint density at radius 1 is 1.14 bits per heavy atom. The van der Waals surface area contributed by atoms with Gasteiger partial charge in [0, 0.05) is 19.3 Å². The zero-order chi connectivity index (χ0) is 24.6. The Bertz CT molecular complexity index is 1490. The van der Waals surface area contributed by atoms with Crippen LogP contribution in [0.1, 0.15) is 31.5 Å². The first kappa shape index (κ1) is 23.7. The number of piperidine rings is 1. The van der Waals surface area contributed by atoms with Gasteiger partial charge in [0.2, 0.25) is 15.9 Å². The molecule has 5 rings (SSSR count). The summed E-state index contributed by atoms with van der Waals surface area (Å²) in [6.07, 6.45) is 5.45. The molecule has 1 N–H and O–H groups in total. The van der Waals surface area contributed by atoms with Crippen molar-refractivity contribution >= 4 is 49.2 Å². The number of ether oxygens (including phenoxy) is 1. The molecule has 1 saturated heterocycles. The average Bonchev–Trinajstić information content (AvgIpc) is 2.84. The van der Waals surface area contributed by atoms with Crippen molar-refractivity contribution in [1.82, 2.24) is 24.2 Å². The maximum absolute atomic E-state index is 11.9. The van der Waals surface area contributed by atoms with Crippen molar-refractivity contribution in [3.05, 3.63) is 59.6 Å². The second-order valence-corrected chi connectivity index (χ2v) is 11.0. The van der Waals surface area contributed by atoms with E-state index in [4.69, 9.17) is 21.3 Å². The first-order chi connectivity index (χ1) is 16.8. The summed E-state index contributed by atoms with van der Waals surface area (Å²) in [5.41, 5.74) is 2.19. The molecule has 0 bridgehead atoms. The first-order valence-electron chi connectivity index (χ1n) is 11.3. The van der Waals surface area contributed by atoms with E-state index < -0.39 is 10.0 Å². The highest BCUT2D eigenvalue weighted by molar-refractivity contribution is 7.88. The summed E-state index contributed by atoms with van der Waals surface area (Å²) < 4.78 is 31.5. The van der Waals surface area contributed by atoms with Crippen LogP contribution in [0.4, 0.5) is 5.82 Å². The van der Waals surface area contributed by atoms with Crippen LogP contribution in [0.3, 0.4) is 0 Å². The minimum absolute atomic E-state index is 0.159. The van der Waals surface area contributed by atoms with Gasteiger partial charge >= 0.3 is 0 Å². The SMILES string of the molecule is C[C@H](Nc1ncnc2cccnc12)c1cc2cccc(Cl)c2c(OC2CCN(S(C)(=O)=O)CC2)n1. The van der Waals surface area contributed by atoms with Gasteiger partial charge in [-0.1, -0.05) is 23.7 Å². The van der Waals surface area contributed by atoms with Crippen LogP contribution < -0.4 is 10.1 Å². The van der Waals surface area contributed by atoms with Crippen molar-refractivity contribution in [2.24, 2.45) is 0 Å².